The predicted molar refractivity (Wildman–Crippen MR) is 113 cm³/mol. The van der Waals surface area contributed by atoms with E-state index >= 15 is 0 Å². The second-order valence-electron chi connectivity index (χ2n) is 8.24. The van der Waals surface area contributed by atoms with Gasteiger partial charge in [0.25, 0.3) is 0 Å². The van der Waals surface area contributed by atoms with E-state index in [-0.39, 0.29) is 23.0 Å². The van der Waals surface area contributed by atoms with Crippen LogP contribution in [0.4, 0.5) is 5.69 Å². The van der Waals surface area contributed by atoms with E-state index in [4.69, 9.17) is 0 Å². The molecule has 2 aliphatic heterocycles. The summed E-state index contributed by atoms with van der Waals surface area (Å²) in [5.74, 6) is 0.161. The van der Waals surface area contributed by atoms with Gasteiger partial charge >= 0.3 is 0 Å². The van der Waals surface area contributed by atoms with Crippen LogP contribution in [-0.4, -0.2) is 44.6 Å². The molecule has 29 heavy (non-hydrogen) atoms. The van der Waals surface area contributed by atoms with Crippen LogP contribution in [0.15, 0.2) is 60.7 Å². The summed E-state index contributed by atoms with van der Waals surface area (Å²) >= 11 is 0. The Balaban J connectivity index is 1.37. The summed E-state index contributed by atoms with van der Waals surface area (Å²) in [6.45, 7) is 1.07. The number of hydrogen-bond acceptors (Lipinski definition) is 3. The number of likely N-dealkylation sites (tertiary alicyclic amines) is 1. The third-order valence-electron chi connectivity index (χ3n) is 6.67. The highest BCUT2D eigenvalue weighted by Crippen LogP contribution is 2.50. The van der Waals surface area contributed by atoms with Crippen molar-refractivity contribution in [1.29, 1.82) is 0 Å². The summed E-state index contributed by atoms with van der Waals surface area (Å²) in [6.07, 6.45) is 2.88. The smallest absolute Gasteiger partial charge is 0.240 e. The predicted octanol–water partition coefficient (Wildman–Crippen LogP) is 2.83. The molecule has 0 N–H and O–H groups in total. The molecular weight excluding hydrogens is 384 g/mol. The van der Waals surface area contributed by atoms with Crippen molar-refractivity contribution in [3.63, 3.8) is 0 Å². The zero-order valence-corrected chi connectivity index (χ0v) is 17.1. The Labute approximate surface area is 173 Å². The topological polar surface area (TPSA) is 57.7 Å². The van der Waals surface area contributed by atoms with Gasteiger partial charge in [-0.1, -0.05) is 48.5 Å². The Morgan fingerprint density at radius 1 is 0.862 bits per heavy atom. The van der Waals surface area contributed by atoms with Crippen molar-refractivity contribution in [2.45, 2.75) is 36.0 Å². The average molecular weight is 409 g/mol. The summed E-state index contributed by atoms with van der Waals surface area (Å²) in [4.78, 5) is 29.0. The van der Waals surface area contributed by atoms with Gasteiger partial charge in [0.2, 0.25) is 11.8 Å². The molecule has 5 nitrogen and oxygen atoms in total. The second kappa shape index (κ2) is 6.80. The second-order valence-corrected chi connectivity index (χ2v) is 9.98. The highest BCUT2D eigenvalue weighted by atomic mass is 32.2. The zero-order valence-electron chi connectivity index (χ0n) is 16.3. The minimum Gasteiger partial charge on any atom is -0.342 e. The molecule has 2 heterocycles. The number of carbonyl (C=O) groups excluding carboxylic acids is 2. The Hall–Kier alpha value is -2.47. The minimum atomic E-state index is -1.26. The number of benzene rings is 2. The number of nitrogens with zero attached hydrogens (tertiary/aromatic N) is 2. The van der Waals surface area contributed by atoms with E-state index in [0.717, 1.165) is 24.1 Å². The number of piperidine rings is 1. The summed E-state index contributed by atoms with van der Waals surface area (Å²) in [6, 6.07) is 19.5. The maximum atomic E-state index is 13.4. The first kappa shape index (κ1) is 18.6. The monoisotopic (exact) mass is 408 g/mol. The van der Waals surface area contributed by atoms with Crippen LogP contribution in [0.1, 0.15) is 31.2 Å². The molecule has 2 saturated heterocycles. The summed E-state index contributed by atoms with van der Waals surface area (Å²) in [5.41, 5.74) is 1.51. The lowest BCUT2D eigenvalue weighted by Crippen LogP contribution is -2.57. The largest absolute Gasteiger partial charge is 0.342 e. The van der Waals surface area contributed by atoms with Crippen molar-refractivity contribution in [2.75, 3.05) is 23.7 Å². The van der Waals surface area contributed by atoms with Crippen molar-refractivity contribution in [3.05, 3.63) is 66.2 Å². The molecule has 3 fully saturated rings. The van der Waals surface area contributed by atoms with Gasteiger partial charge in [-0.2, -0.15) is 0 Å². The fourth-order valence-electron chi connectivity index (χ4n) is 4.92. The fraction of sp³-hybridized carbons (Fsp3) is 0.391. The highest BCUT2D eigenvalue weighted by molar-refractivity contribution is 7.88. The molecule has 0 radical (unpaired) electrons. The molecule has 1 unspecified atom stereocenters. The average Bonchev–Trinajstić information content (AvgIpc) is 3.53. The third kappa shape index (κ3) is 2.84. The molecule has 1 atom stereocenters. The zero-order chi connectivity index (χ0) is 20.1. The van der Waals surface area contributed by atoms with Crippen LogP contribution < -0.4 is 4.90 Å². The molecule has 2 amide bonds. The molecule has 0 aromatic heterocycles. The van der Waals surface area contributed by atoms with Gasteiger partial charge in [0.05, 0.1) is 16.2 Å². The van der Waals surface area contributed by atoms with Gasteiger partial charge in [0.1, 0.15) is 10.6 Å². The van der Waals surface area contributed by atoms with Gasteiger partial charge in [-0.3, -0.25) is 18.7 Å². The normalized spacial score (nSPS) is 24.7. The standard InChI is InChI=1S/C23H24N2O3S/c26-20-17-29(28)23(25(20)19-9-5-2-6-10-19)13-15-24(16-14-23)21(27)22(11-12-22)18-7-3-1-4-8-18/h1-10H,11-17H2. The van der Waals surface area contributed by atoms with Crippen molar-refractivity contribution in [2.24, 2.45) is 0 Å². The van der Waals surface area contributed by atoms with Crippen LogP contribution in [0.5, 0.6) is 0 Å². The van der Waals surface area contributed by atoms with E-state index < -0.39 is 15.7 Å². The van der Waals surface area contributed by atoms with Gasteiger partial charge < -0.3 is 4.90 Å². The molecule has 1 saturated carbocycles. The molecule has 6 heteroatoms. The Morgan fingerprint density at radius 2 is 1.45 bits per heavy atom. The third-order valence-corrected chi connectivity index (χ3v) is 8.61. The van der Waals surface area contributed by atoms with E-state index in [9.17, 15) is 13.8 Å². The highest BCUT2D eigenvalue weighted by Gasteiger charge is 2.57. The number of hydrogen-bond donors (Lipinski definition) is 0. The molecule has 1 spiro atoms. The maximum absolute atomic E-state index is 13.4. The van der Waals surface area contributed by atoms with E-state index in [1.165, 1.54) is 0 Å². The van der Waals surface area contributed by atoms with Crippen LogP contribution in [-0.2, 0) is 25.8 Å². The van der Waals surface area contributed by atoms with E-state index in [1.54, 1.807) is 4.90 Å². The number of carbonyl (C=O) groups is 2. The molecule has 1 aliphatic carbocycles. The lowest BCUT2D eigenvalue weighted by molar-refractivity contribution is -0.135. The first-order valence-electron chi connectivity index (χ1n) is 10.2. The van der Waals surface area contributed by atoms with Crippen molar-refractivity contribution < 1.29 is 13.8 Å². The number of rotatable bonds is 3. The number of anilines is 1. The molecule has 2 aromatic carbocycles. The molecule has 3 aliphatic rings. The number of amides is 2. The lowest BCUT2D eigenvalue weighted by atomic mass is 9.92. The van der Waals surface area contributed by atoms with Crippen LogP contribution in [0.25, 0.3) is 0 Å². The Morgan fingerprint density at radius 3 is 2.03 bits per heavy atom. The van der Waals surface area contributed by atoms with Crippen LogP contribution in [0, 0.1) is 0 Å². The van der Waals surface area contributed by atoms with Crippen molar-refractivity contribution in [1.82, 2.24) is 4.90 Å². The Bertz CT molecular complexity index is 964. The molecule has 150 valence electrons. The van der Waals surface area contributed by atoms with Gasteiger partial charge in [-0.15, -0.1) is 0 Å². The van der Waals surface area contributed by atoms with Crippen molar-refractivity contribution >= 4 is 28.3 Å². The minimum absolute atomic E-state index is 0.0663. The van der Waals surface area contributed by atoms with Crippen LogP contribution >= 0.6 is 0 Å². The SMILES string of the molecule is O=C1CS(=O)C2(CCN(C(=O)C3(c4ccccc4)CC3)CC2)N1c1ccccc1. The first-order valence-corrected chi connectivity index (χ1v) is 11.5. The molecule has 0 bridgehead atoms. The van der Waals surface area contributed by atoms with Crippen LogP contribution in [0.2, 0.25) is 0 Å². The first-order chi connectivity index (χ1) is 14.1. The van der Waals surface area contributed by atoms with Gasteiger partial charge in [0, 0.05) is 31.6 Å². The molecular formula is C23H24N2O3S. The van der Waals surface area contributed by atoms with Gasteiger partial charge in [-0.25, -0.2) is 0 Å². The van der Waals surface area contributed by atoms with Crippen molar-refractivity contribution in [3.8, 4) is 0 Å². The van der Waals surface area contributed by atoms with E-state index in [0.29, 0.717) is 25.9 Å². The van der Waals surface area contributed by atoms with Gasteiger partial charge in [0.15, 0.2) is 0 Å². The summed E-state index contributed by atoms with van der Waals surface area (Å²) in [7, 11) is -1.26. The van der Waals surface area contributed by atoms with E-state index in [1.807, 2.05) is 65.6 Å². The van der Waals surface area contributed by atoms with E-state index in [2.05, 4.69) is 0 Å². The van der Waals surface area contributed by atoms with Gasteiger partial charge in [-0.05, 0) is 30.5 Å². The maximum Gasteiger partial charge on any atom is 0.240 e. The number of para-hydroxylation sites is 1. The summed E-state index contributed by atoms with van der Waals surface area (Å²) in [5, 5.41) is 0. The molecule has 5 rings (SSSR count). The Kier molecular flexibility index (Phi) is 4.35. The quantitative estimate of drug-likeness (QED) is 0.785. The summed E-state index contributed by atoms with van der Waals surface area (Å²) < 4.78 is 13.0. The van der Waals surface area contributed by atoms with Crippen LogP contribution in [0.3, 0.4) is 0 Å². The molecule has 2 aromatic rings. The fourth-order valence-corrected chi connectivity index (χ4v) is 6.59. The lowest BCUT2D eigenvalue weighted by Gasteiger charge is -2.44.